The molecule has 2 aromatic rings. The van der Waals surface area contributed by atoms with Crippen LogP contribution in [0, 0.1) is 11.8 Å². The summed E-state index contributed by atoms with van der Waals surface area (Å²) >= 11 is 0. The fourth-order valence-electron chi connectivity index (χ4n) is 7.04. The Bertz CT molecular complexity index is 967. The number of benzene rings is 2. The summed E-state index contributed by atoms with van der Waals surface area (Å²) in [5, 5.41) is 0. The summed E-state index contributed by atoms with van der Waals surface area (Å²) in [7, 11) is 0. The minimum absolute atomic E-state index is 0.217. The lowest BCUT2D eigenvalue weighted by Crippen LogP contribution is -2.65. The zero-order valence-electron chi connectivity index (χ0n) is 21.8. The van der Waals surface area contributed by atoms with E-state index in [2.05, 4.69) is 24.3 Å². The third-order valence-corrected chi connectivity index (χ3v) is 8.94. The van der Waals surface area contributed by atoms with Gasteiger partial charge in [0.05, 0.1) is 32.8 Å². The molecule has 2 aromatic carbocycles. The van der Waals surface area contributed by atoms with Crippen molar-refractivity contribution in [3.05, 3.63) is 66.2 Å². The number of hydrogen-bond donors (Lipinski definition) is 0. The van der Waals surface area contributed by atoms with Crippen LogP contribution < -0.4 is 4.74 Å². The molecule has 3 heterocycles. The Balaban J connectivity index is 1.25. The topological polar surface area (TPSA) is 44.8 Å². The molecule has 2 atom stereocenters. The first-order valence-electron chi connectivity index (χ1n) is 14.0. The van der Waals surface area contributed by atoms with Gasteiger partial charge in [0, 0.05) is 38.0 Å². The molecule has 2 bridgehead atoms. The van der Waals surface area contributed by atoms with Crippen LogP contribution in [0.3, 0.4) is 0 Å². The molecule has 0 N–H and O–H groups in total. The molecular formula is C31H42NO4+. The molecule has 6 rings (SSSR count). The van der Waals surface area contributed by atoms with Crippen LogP contribution in [-0.2, 0) is 19.9 Å². The van der Waals surface area contributed by atoms with Crippen LogP contribution in [0.15, 0.2) is 60.7 Å². The highest BCUT2D eigenvalue weighted by Crippen LogP contribution is 2.45. The summed E-state index contributed by atoms with van der Waals surface area (Å²) in [5.74, 6) is 1.65. The largest absolute Gasteiger partial charge is 0.493 e. The average Bonchev–Trinajstić information content (AvgIpc) is 3.46. The average molecular weight is 493 g/mol. The fraction of sp³-hybridized carbons (Fsp3) is 0.581. The number of hydrogen-bond acceptors (Lipinski definition) is 4. The van der Waals surface area contributed by atoms with Gasteiger partial charge in [-0.15, -0.1) is 0 Å². The van der Waals surface area contributed by atoms with E-state index in [0.717, 1.165) is 54.8 Å². The van der Waals surface area contributed by atoms with E-state index in [9.17, 15) is 4.79 Å². The van der Waals surface area contributed by atoms with Crippen molar-refractivity contribution in [1.29, 1.82) is 0 Å². The van der Waals surface area contributed by atoms with E-state index in [-0.39, 0.29) is 12.1 Å². The van der Waals surface area contributed by atoms with Crippen LogP contribution in [0.4, 0.5) is 0 Å². The summed E-state index contributed by atoms with van der Waals surface area (Å²) in [5.41, 5.74) is 0.389. The molecule has 0 aromatic heterocycles. The van der Waals surface area contributed by atoms with Gasteiger partial charge in [-0.25, -0.2) is 0 Å². The Kier molecular flexibility index (Phi) is 7.97. The number of carbonyl (C=O) groups excluding carboxylic acids is 1. The van der Waals surface area contributed by atoms with Gasteiger partial charge in [-0.3, -0.25) is 4.79 Å². The summed E-state index contributed by atoms with van der Waals surface area (Å²) in [6.07, 6.45) is 8.27. The van der Waals surface area contributed by atoms with Gasteiger partial charge < -0.3 is 18.7 Å². The van der Waals surface area contributed by atoms with Crippen LogP contribution in [0.25, 0.3) is 0 Å². The molecule has 36 heavy (non-hydrogen) atoms. The maximum absolute atomic E-state index is 12.4. The summed E-state index contributed by atoms with van der Waals surface area (Å²) < 4.78 is 20.2. The molecule has 5 heteroatoms. The van der Waals surface area contributed by atoms with E-state index in [1.165, 1.54) is 38.8 Å². The first kappa shape index (κ1) is 25.3. The molecule has 1 saturated carbocycles. The maximum atomic E-state index is 12.4. The predicted molar refractivity (Wildman–Crippen MR) is 141 cm³/mol. The first-order chi connectivity index (χ1) is 17.6. The Morgan fingerprint density at radius 1 is 0.944 bits per heavy atom. The summed E-state index contributed by atoms with van der Waals surface area (Å²) in [4.78, 5) is 12.4. The number of para-hydroxylation sites is 1. The van der Waals surface area contributed by atoms with Gasteiger partial charge >= 0.3 is 5.97 Å². The van der Waals surface area contributed by atoms with Crippen molar-refractivity contribution in [1.82, 2.24) is 0 Å². The molecular weight excluding hydrogens is 450 g/mol. The monoisotopic (exact) mass is 492 g/mol. The predicted octanol–water partition coefficient (Wildman–Crippen LogP) is 5.73. The van der Waals surface area contributed by atoms with Crippen LogP contribution >= 0.6 is 0 Å². The van der Waals surface area contributed by atoms with Gasteiger partial charge in [0.2, 0.25) is 0 Å². The standard InChI is InChI=1S/C31H42NO4/c1-25(33)36-31(28-13-8-9-14-28,27-11-4-2-5-12-27)24-35-30-23-32(20-17-26(30)18-21-32)19-10-22-34-29-15-6-3-7-16-29/h2-7,11-12,15-16,26,28,30H,8-10,13-14,17-24H2,1H3/q+1. The Hall–Kier alpha value is -2.37. The second kappa shape index (κ2) is 11.4. The van der Waals surface area contributed by atoms with E-state index < -0.39 is 5.60 Å². The van der Waals surface area contributed by atoms with Crippen molar-refractivity contribution in [2.75, 3.05) is 39.4 Å². The van der Waals surface area contributed by atoms with Crippen molar-refractivity contribution < 1.29 is 23.5 Å². The summed E-state index contributed by atoms with van der Waals surface area (Å²) in [6, 6.07) is 20.5. The number of ether oxygens (including phenoxy) is 3. The third kappa shape index (κ3) is 5.63. The number of carbonyl (C=O) groups is 1. The SMILES string of the molecule is CC(=O)OC(COC1C[N+]2(CCCOc3ccccc3)CCC1CC2)(c1ccccc1)C1CCCC1. The molecule has 5 nitrogen and oxygen atoms in total. The molecule has 194 valence electrons. The van der Waals surface area contributed by atoms with Gasteiger partial charge in [0.15, 0.2) is 5.60 Å². The lowest BCUT2D eigenvalue weighted by molar-refractivity contribution is -0.946. The highest BCUT2D eigenvalue weighted by molar-refractivity contribution is 5.67. The van der Waals surface area contributed by atoms with E-state index in [1.54, 1.807) is 6.92 Å². The molecule has 4 fully saturated rings. The van der Waals surface area contributed by atoms with Gasteiger partial charge in [0.1, 0.15) is 18.4 Å². The quantitative estimate of drug-likeness (QED) is 0.228. The molecule has 0 spiro atoms. The Morgan fingerprint density at radius 2 is 1.61 bits per heavy atom. The number of nitrogens with zero attached hydrogens (tertiary/aromatic N) is 1. The summed E-state index contributed by atoms with van der Waals surface area (Å²) in [6.45, 7) is 7.43. The lowest BCUT2D eigenvalue weighted by atomic mass is 9.79. The lowest BCUT2D eigenvalue weighted by Gasteiger charge is -2.53. The maximum Gasteiger partial charge on any atom is 0.303 e. The normalized spacial score (nSPS) is 27.5. The second-order valence-corrected chi connectivity index (χ2v) is 11.2. The van der Waals surface area contributed by atoms with E-state index in [1.807, 2.05) is 36.4 Å². The smallest absolute Gasteiger partial charge is 0.303 e. The minimum Gasteiger partial charge on any atom is -0.493 e. The van der Waals surface area contributed by atoms with Crippen molar-refractivity contribution in [3.8, 4) is 5.75 Å². The Morgan fingerprint density at radius 3 is 2.28 bits per heavy atom. The Labute approximate surface area is 216 Å². The van der Waals surface area contributed by atoms with Gasteiger partial charge in [0.25, 0.3) is 0 Å². The first-order valence-corrected chi connectivity index (χ1v) is 14.0. The van der Waals surface area contributed by atoms with E-state index in [4.69, 9.17) is 14.2 Å². The fourth-order valence-corrected chi connectivity index (χ4v) is 7.04. The van der Waals surface area contributed by atoms with Gasteiger partial charge in [-0.1, -0.05) is 61.4 Å². The van der Waals surface area contributed by atoms with Crippen LogP contribution in [-0.4, -0.2) is 55.9 Å². The zero-order valence-corrected chi connectivity index (χ0v) is 21.8. The van der Waals surface area contributed by atoms with Gasteiger partial charge in [-0.05, 0) is 30.5 Å². The van der Waals surface area contributed by atoms with Crippen molar-refractivity contribution in [2.24, 2.45) is 11.8 Å². The van der Waals surface area contributed by atoms with Crippen LogP contribution in [0.2, 0.25) is 0 Å². The number of fused-ring (bicyclic) bond motifs is 3. The van der Waals surface area contributed by atoms with Gasteiger partial charge in [-0.2, -0.15) is 0 Å². The number of rotatable bonds is 11. The van der Waals surface area contributed by atoms with Crippen LogP contribution in [0.1, 0.15) is 57.4 Å². The molecule has 3 aliphatic heterocycles. The van der Waals surface area contributed by atoms with Crippen molar-refractivity contribution >= 4 is 5.97 Å². The van der Waals surface area contributed by atoms with Crippen molar-refractivity contribution in [3.63, 3.8) is 0 Å². The molecule has 2 unspecified atom stereocenters. The van der Waals surface area contributed by atoms with E-state index >= 15 is 0 Å². The number of quaternary nitrogens is 1. The number of esters is 1. The second-order valence-electron chi connectivity index (χ2n) is 11.2. The highest BCUT2D eigenvalue weighted by Gasteiger charge is 2.50. The molecule has 0 amide bonds. The highest BCUT2D eigenvalue weighted by atomic mass is 16.6. The molecule has 1 aliphatic carbocycles. The third-order valence-electron chi connectivity index (χ3n) is 8.94. The number of piperidine rings is 3. The van der Waals surface area contributed by atoms with E-state index in [0.29, 0.717) is 18.4 Å². The zero-order chi connectivity index (χ0) is 24.8. The minimum atomic E-state index is -0.691. The van der Waals surface area contributed by atoms with Crippen molar-refractivity contribution in [2.45, 2.75) is 63.6 Å². The van der Waals surface area contributed by atoms with Crippen LogP contribution in [0.5, 0.6) is 5.75 Å². The molecule has 0 radical (unpaired) electrons. The molecule has 4 aliphatic rings. The molecule has 3 saturated heterocycles.